The summed E-state index contributed by atoms with van der Waals surface area (Å²) < 4.78 is 30.3. The van der Waals surface area contributed by atoms with Crippen LogP contribution in [0.25, 0.3) is 0 Å². The molecule has 7 heteroatoms. The minimum atomic E-state index is -1.91. The Morgan fingerprint density at radius 3 is 2.42 bits per heavy atom. The fourth-order valence-electron chi connectivity index (χ4n) is 5.95. The van der Waals surface area contributed by atoms with Gasteiger partial charge in [-0.1, -0.05) is 39.0 Å². The maximum absolute atomic E-state index is 13.6. The highest BCUT2D eigenvalue weighted by molar-refractivity contribution is 6.73. The topological polar surface area (TPSA) is 63.2 Å². The van der Waals surface area contributed by atoms with Crippen molar-refractivity contribution < 1.29 is 28.2 Å². The van der Waals surface area contributed by atoms with E-state index in [1.54, 1.807) is 14.2 Å². The summed E-state index contributed by atoms with van der Waals surface area (Å²) in [6.45, 7) is 6.69. The lowest BCUT2D eigenvalue weighted by Gasteiger charge is -2.50. The first-order valence-electron chi connectivity index (χ1n) is 11.3. The van der Waals surface area contributed by atoms with E-state index < -0.39 is 19.8 Å². The number of benzene rings is 1. The molecule has 4 rings (SSSR count). The molecule has 170 valence electrons. The highest BCUT2D eigenvalue weighted by Gasteiger charge is 2.68. The Kier molecular flexibility index (Phi) is 5.96. The molecule has 2 aliphatic carbocycles. The smallest absolute Gasteiger partial charge is 0.321 e. The molecule has 1 heterocycles. The van der Waals surface area contributed by atoms with E-state index in [1.165, 1.54) is 7.11 Å². The Morgan fingerprint density at radius 1 is 1.13 bits per heavy atom. The monoisotopic (exact) mass is 446 g/mol. The largest absolute Gasteiger partial charge is 0.493 e. The van der Waals surface area contributed by atoms with Gasteiger partial charge in [-0.15, -0.1) is 0 Å². The minimum Gasteiger partial charge on any atom is -0.493 e. The molecule has 0 saturated heterocycles. The summed E-state index contributed by atoms with van der Waals surface area (Å²) in [6, 6.07) is 7.14. The second-order valence-electron chi connectivity index (χ2n) is 8.75. The van der Waals surface area contributed by atoms with Gasteiger partial charge in [0.25, 0.3) is 0 Å². The van der Waals surface area contributed by atoms with Gasteiger partial charge in [0.15, 0.2) is 19.8 Å². The van der Waals surface area contributed by atoms with Crippen LogP contribution < -0.4 is 9.47 Å². The van der Waals surface area contributed by atoms with Crippen LogP contribution in [0.4, 0.5) is 0 Å². The summed E-state index contributed by atoms with van der Waals surface area (Å²) in [5, 5.41) is 0. The molecule has 0 N–H and O–H groups in total. The molecular weight excluding hydrogens is 412 g/mol. The third kappa shape index (κ3) is 3.00. The molecule has 0 fully saturated rings. The van der Waals surface area contributed by atoms with Crippen molar-refractivity contribution in [3.63, 3.8) is 0 Å². The second-order valence-corrected chi connectivity index (χ2v) is 13.5. The van der Waals surface area contributed by atoms with Crippen LogP contribution in [0, 0.1) is 5.92 Å². The third-order valence-electron chi connectivity index (χ3n) is 7.82. The van der Waals surface area contributed by atoms with Crippen LogP contribution in [0.2, 0.25) is 18.1 Å². The van der Waals surface area contributed by atoms with Crippen molar-refractivity contribution in [2.24, 2.45) is 5.92 Å². The van der Waals surface area contributed by atoms with Gasteiger partial charge in [-0.3, -0.25) is 4.79 Å². The molecule has 0 aromatic heterocycles. The molecule has 0 saturated carbocycles. The Morgan fingerprint density at radius 2 is 1.84 bits per heavy atom. The first-order chi connectivity index (χ1) is 15.0. The summed E-state index contributed by atoms with van der Waals surface area (Å²) in [5.41, 5.74) is 0.944. The average Bonchev–Trinajstić information content (AvgIpc) is 3.18. The minimum absolute atomic E-state index is 0.113. The van der Waals surface area contributed by atoms with E-state index in [4.69, 9.17) is 23.4 Å². The molecule has 31 heavy (non-hydrogen) atoms. The maximum Gasteiger partial charge on any atom is 0.321 e. The van der Waals surface area contributed by atoms with Crippen molar-refractivity contribution in [3.05, 3.63) is 35.4 Å². The van der Waals surface area contributed by atoms with E-state index in [-0.39, 0.29) is 24.1 Å². The Hall–Kier alpha value is -1.83. The number of rotatable bonds is 8. The number of carbonyl (C=O) groups is 1. The van der Waals surface area contributed by atoms with Gasteiger partial charge in [-0.25, -0.2) is 0 Å². The summed E-state index contributed by atoms with van der Waals surface area (Å²) >= 11 is 0. The molecular formula is C24H34O6Si. The molecule has 0 unspecified atom stereocenters. The van der Waals surface area contributed by atoms with E-state index in [0.717, 1.165) is 35.7 Å². The molecule has 0 spiro atoms. The predicted molar refractivity (Wildman–Crippen MR) is 120 cm³/mol. The predicted octanol–water partition coefficient (Wildman–Crippen LogP) is 4.01. The highest BCUT2D eigenvalue weighted by Crippen LogP contribution is 2.60. The molecule has 5 atom stereocenters. The zero-order valence-corrected chi connectivity index (χ0v) is 20.4. The number of hydrogen-bond acceptors (Lipinski definition) is 6. The van der Waals surface area contributed by atoms with Gasteiger partial charge < -0.3 is 23.4 Å². The average molecular weight is 447 g/mol. The van der Waals surface area contributed by atoms with Gasteiger partial charge in [0.2, 0.25) is 0 Å². The van der Waals surface area contributed by atoms with Gasteiger partial charge in [0.1, 0.15) is 17.6 Å². The fraction of sp³-hybridized carbons (Fsp3) is 0.625. The van der Waals surface area contributed by atoms with Crippen molar-refractivity contribution in [2.45, 2.75) is 69.1 Å². The zero-order chi connectivity index (χ0) is 22.4. The molecule has 1 aromatic carbocycles. The fourth-order valence-corrected chi connectivity index (χ4v) is 8.83. The van der Waals surface area contributed by atoms with Gasteiger partial charge in [0.05, 0.1) is 20.3 Å². The first kappa shape index (κ1) is 22.4. The lowest BCUT2D eigenvalue weighted by Crippen LogP contribution is -2.63. The van der Waals surface area contributed by atoms with Crippen LogP contribution in [-0.2, 0) is 30.5 Å². The summed E-state index contributed by atoms with van der Waals surface area (Å²) in [6.07, 6.45) is 3.85. The van der Waals surface area contributed by atoms with Crippen molar-refractivity contribution in [2.75, 3.05) is 21.3 Å². The van der Waals surface area contributed by atoms with E-state index in [2.05, 4.69) is 26.8 Å². The maximum atomic E-state index is 13.6. The standard InChI is InChI=1S/C24H34O6Si/c1-7-31(8-2,9-3)30-19-14-15-10-12-17(26-4)21-20(15)24(23(25)28-6)16(19)11-13-18(27-5)22(24)29-21/h10-13,16,18-19,22H,7-9,14H2,1-6H3/t16-,18-,19-,22-,24+/m0/s1. The normalized spacial score (nSPS) is 30.5. The van der Waals surface area contributed by atoms with Gasteiger partial charge in [-0.2, -0.15) is 0 Å². The Balaban J connectivity index is 1.94. The number of esters is 1. The number of hydrogen-bond donors (Lipinski definition) is 0. The Bertz CT molecular complexity index is 871. The SMILES string of the molecule is CC[Si](CC)(CC)O[C@H]1Cc2ccc(OC)c3c2[C@]2(C(=O)OC)[C@H]1C=C[C@H](OC)[C@@H]2O3. The zero-order valence-electron chi connectivity index (χ0n) is 19.4. The number of carbonyl (C=O) groups excluding carboxylic acids is 1. The highest BCUT2D eigenvalue weighted by atomic mass is 28.4. The summed E-state index contributed by atoms with van der Waals surface area (Å²) in [5.74, 6) is 0.777. The summed E-state index contributed by atoms with van der Waals surface area (Å²) in [4.78, 5) is 13.6. The van der Waals surface area contributed by atoms with Crippen molar-refractivity contribution in [3.8, 4) is 11.5 Å². The lowest BCUT2D eigenvalue weighted by atomic mass is 9.57. The third-order valence-corrected chi connectivity index (χ3v) is 12.5. The van der Waals surface area contributed by atoms with Crippen LogP contribution in [0.5, 0.6) is 11.5 Å². The molecule has 0 radical (unpaired) electrons. The van der Waals surface area contributed by atoms with Crippen LogP contribution >= 0.6 is 0 Å². The number of ether oxygens (including phenoxy) is 4. The van der Waals surface area contributed by atoms with E-state index >= 15 is 0 Å². The quantitative estimate of drug-likeness (QED) is 0.342. The van der Waals surface area contributed by atoms with Crippen LogP contribution in [0.3, 0.4) is 0 Å². The molecule has 0 amide bonds. The molecule has 0 bridgehead atoms. The van der Waals surface area contributed by atoms with E-state index in [1.807, 2.05) is 18.2 Å². The molecule has 6 nitrogen and oxygen atoms in total. The van der Waals surface area contributed by atoms with Gasteiger partial charge >= 0.3 is 5.97 Å². The molecule has 3 aliphatic rings. The van der Waals surface area contributed by atoms with E-state index in [0.29, 0.717) is 11.5 Å². The Labute approximate surface area is 186 Å². The van der Waals surface area contributed by atoms with Gasteiger partial charge in [-0.05, 0) is 36.2 Å². The van der Waals surface area contributed by atoms with Crippen molar-refractivity contribution in [1.82, 2.24) is 0 Å². The van der Waals surface area contributed by atoms with E-state index in [9.17, 15) is 4.79 Å². The molecule has 1 aliphatic heterocycles. The summed E-state index contributed by atoms with van der Waals surface area (Å²) in [7, 11) is 2.80. The van der Waals surface area contributed by atoms with Crippen molar-refractivity contribution >= 4 is 14.3 Å². The van der Waals surface area contributed by atoms with Gasteiger partial charge in [0, 0.05) is 18.6 Å². The molecule has 1 aromatic rings. The first-order valence-corrected chi connectivity index (χ1v) is 13.8. The second kappa shape index (κ2) is 8.26. The van der Waals surface area contributed by atoms with Crippen LogP contribution in [-0.4, -0.2) is 53.9 Å². The van der Waals surface area contributed by atoms with Crippen molar-refractivity contribution in [1.29, 1.82) is 0 Å². The number of methoxy groups -OCH3 is 3. The van der Waals surface area contributed by atoms with Crippen LogP contribution in [0.1, 0.15) is 31.9 Å². The van der Waals surface area contributed by atoms with Crippen LogP contribution in [0.15, 0.2) is 24.3 Å². The lowest BCUT2D eigenvalue weighted by molar-refractivity contribution is -0.159.